The van der Waals surface area contributed by atoms with E-state index >= 15 is 0 Å². The van der Waals surface area contributed by atoms with Gasteiger partial charge >= 0.3 is 5.97 Å². The summed E-state index contributed by atoms with van der Waals surface area (Å²) in [6.45, 7) is 31.6. The first-order chi connectivity index (χ1) is 21.6. The first kappa shape index (κ1) is 38.6. The Morgan fingerprint density at radius 2 is 1.57 bits per heavy atom. The van der Waals surface area contributed by atoms with E-state index in [0.717, 1.165) is 25.7 Å². The van der Waals surface area contributed by atoms with Crippen LogP contribution in [0.25, 0.3) is 0 Å². The summed E-state index contributed by atoms with van der Waals surface area (Å²) in [5.41, 5.74) is 2.61. The van der Waals surface area contributed by atoms with Crippen molar-refractivity contribution in [2.45, 2.75) is 164 Å². The number of allylic oxidation sites excluding steroid dienone is 6. The molecule has 4 aliphatic carbocycles. The molecule has 3 fully saturated rings. The highest BCUT2D eigenvalue weighted by Crippen LogP contribution is 2.66. The van der Waals surface area contributed by atoms with Crippen LogP contribution in [0.2, 0.25) is 39.3 Å². The number of hydrogen-bond donors (Lipinski definition) is 0. The summed E-state index contributed by atoms with van der Waals surface area (Å²) in [5, 5.41) is 0. The molecule has 4 aliphatic rings. The van der Waals surface area contributed by atoms with Crippen LogP contribution >= 0.6 is 0 Å². The molecule has 0 heterocycles. The lowest BCUT2D eigenvalue weighted by molar-refractivity contribution is -0.165. The van der Waals surface area contributed by atoms with Crippen LogP contribution in [0.4, 0.5) is 0 Å². The fraction of sp³-hybridized carbons (Fsp3) is 0.780. The van der Waals surface area contributed by atoms with Crippen molar-refractivity contribution in [2.24, 2.45) is 39.9 Å². The number of fused-ring (bicyclic) bond motifs is 5. The van der Waals surface area contributed by atoms with Crippen LogP contribution in [-0.4, -0.2) is 40.4 Å². The molecule has 0 aromatic rings. The molecular formula is C41H70O4Si2. The number of carbonyl (C=O) groups excluding carboxylic acids is 1. The zero-order chi connectivity index (χ0) is 35.2. The SMILES string of the molecule is CCC(/C=C/C=C/[C@H](C)[C@H]1CC[C@H]2C3=CC=C4CC(O[Si](C)(C)C)C[C@H](O[Si](C)(C)C)[C@]4(C)[C@H]3CC[C@]12C)(CC)OC(=O)C(C)(C)C. The molecule has 8 atom stereocenters. The van der Waals surface area contributed by atoms with Gasteiger partial charge in [0.05, 0.1) is 17.6 Å². The Kier molecular flexibility index (Phi) is 11.4. The third-order valence-corrected chi connectivity index (χ3v) is 14.4. The molecule has 0 saturated heterocycles. The van der Waals surface area contributed by atoms with Gasteiger partial charge in [-0.1, -0.05) is 76.1 Å². The summed E-state index contributed by atoms with van der Waals surface area (Å²) in [4.78, 5) is 12.7. The number of esters is 1. The average Bonchev–Trinajstić information content (AvgIpc) is 3.30. The molecule has 4 nitrogen and oxygen atoms in total. The Bertz CT molecular complexity index is 1250. The molecule has 6 heteroatoms. The number of rotatable bonds is 11. The van der Waals surface area contributed by atoms with Crippen LogP contribution < -0.4 is 0 Å². The lowest BCUT2D eigenvalue weighted by Gasteiger charge is -2.58. The standard InChI is InChI=1S/C41H70O4Si2/c1-15-41(16-2,43-37(42)38(4,5)6)25-18-17-19-29(3)33-22-23-34-32-21-20-30-27-31(44-46(9,10)11)28-36(45-47(12,13)14)40(30,8)35(32)24-26-39(33,34)7/h17-21,25,29,31,33-36H,15-16,22-24,26-28H2,1-14H3/b19-17+,25-18+/t29-,31?,33+,34-,35-,36-,39+,40-/m0/s1. The van der Waals surface area contributed by atoms with Gasteiger partial charge in [-0.3, -0.25) is 4.79 Å². The third-order valence-electron chi connectivity index (χ3n) is 12.4. The fourth-order valence-corrected chi connectivity index (χ4v) is 12.1. The van der Waals surface area contributed by atoms with Gasteiger partial charge in [-0.15, -0.1) is 0 Å². The van der Waals surface area contributed by atoms with Crippen molar-refractivity contribution in [3.63, 3.8) is 0 Å². The highest BCUT2D eigenvalue weighted by molar-refractivity contribution is 6.70. The molecule has 3 saturated carbocycles. The van der Waals surface area contributed by atoms with Crippen molar-refractivity contribution >= 4 is 22.6 Å². The second-order valence-electron chi connectivity index (χ2n) is 19.0. The van der Waals surface area contributed by atoms with E-state index in [1.165, 1.54) is 25.7 Å². The first-order valence-electron chi connectivity index (χ1n) is 18.9. The Morgan fingerprint density at radius 1 is 0.936 bits per heavy atom. The van der Waals surface area contributed by atoms with Crippen molar-refractivity contribution < 1.29 is 18.4 Å². The van der Waals surface area contributed by atoms with E-state index in [0.29, 0.717) is 29.1 Å². The van der Waals surface area contributed by atoms with E-state index in [1.807, 2.05) is 20.8 Å². The molecule has 266 valence electrons. The van der Waals surface area contributed by atoms with E-state index in [1.54, 1.807) is 11.1 Å². The quantitative estimate of drug-likeness (QED) is 0.124. The maximum absolute atomic E-state index is 12.7. The zero-order valence-electron chi connectivity index (χ0n) is 32.7. The smallest absolute Gasteiger partial charge is 0.312 e. The summed E-state index contributed by atoms with van der Waals surface area (Å²) in [6.07, 6.45) is 23.2. The largest absolute Gasteiger partial charge is 0.454 e. The molecule has 0 bridgehead atoms. The normalized spacial score (nSPS) is 34.0. The van der Waals surface area contributed by atoms with Gasteiger partial charge in [0.2, 0.25) is 0 Å². The molecule has 1 unspecified atom stereocenters. The van der Waals surface area contributed by atoms with Crippen LogP contribution in [0.3, 0.4) is 0 Å². The maximum Gasteiger partial charge on any atom is 0.312 e. The molecule has 0 aromatic heterocycles. The van der Waals surface area contributed by atoms with Gasteiger partial charge in [0.25, 0.3) is 0 Å². The fourth-order valence-electron chi connectivity index (χ4n) is 9.70. The first-order valence-corrected chi connectivity index (χ1v) is 25.8. The van der Waals surface area contributed by atoms with Gasteiger partial charge in [0, 0.05) is 5.41 Å². The zero-order valence-corrected chi connectivity index (χ0v) is 34.7. The molecular weight excluding hydrogens is 613 g/mol. The predicted octanol–water partition coefficient (Wildman–Crippen LogP) is 11.4. The molecule has 47 heavy (non-hydrogen) atoms. The number of ether oxygens (including phenoxy) is 1. The van der Waals surface area contributed by atoms with Crippen molar-refractivity contribution in [2.75, 3.05) is 0 Å². The minimum absolute atomic E-state index is 0.0564. The lowest BCUT2D eigenvalue weighted by atomic mass is 9.49. The van der Waals surface area contributed by atoms with E-state index in [2.05, 4.69) is 110 Å². The molecule has 0 aromatic carbocycles. The topological polar surface area (TPSA) is 44.8 Å². The highest BCUT2D eigenvalue weighted by Gasteiger charge is 2.59. The summed E-state index contributed by atoms with van der Waals surface area (Å²) >= 11 is 0. The van der Waals surface area contributed by atoms with Crippen molar-refractivity contribution in [1.82, 2.24) is 0 Å². The number of carbonyl (C=O) groups is 1. The molecule has 0 amide bonds. The van der Waals surface area contributed by atoms with E-state index in [4.69, 9.17) is 13.6 Å². The van der Waals surface area contributed by atoms with E-state index < -0.39 is 27.7 Å². The third kappa shape index (κ3) is 8.23. The molecule has 4 rings (SSSR count). The summed E-state index contributed by atoms with van der Waals surface area (Å²) in [6, 6.07) is 0. The second kappa shape index (κ2) is 13.8. The van der Waals surface area contributed by atoms with Crippen molar-refractivity contribution in [1.29, 1.82) is 0 Å². The molecule has 0 spiro atoms. The van der Waals surface area contributed by atoms with Crippen LogP contribution in [0.5, 0.6) is 0 Å². The molecule has 0 aliphatic heterocycles. The highest BCUT2D eigenvalue weighted by atomic mass is 28.4. The van der Waals surface area contributed by atoms with Crippen LogP contribution in [-0.2, 0) is 18.4 Å². The average molecular weight is 683 g/mol. The second-order valence-corrected chi connectivity index (χ2v) is 27.9. The van der Waals surface area contributed by atoms with Crippen molar-refractivity contribution in [3.05, 3.63) is 47.6 Å². The molecule has 0 N–H and O–H groups in total. The molecule has 0 radical (unpaired) electrons. The van der Waals surface area contributed by atoms with Gasteiger partial charge in [-0.25, -0.2) is 0 Å². The maximum atomic E-state index is 12.7. The van der Waals surface area contributed by atoms with Crippen LogP contribution in [0, 0.1) is 39.9 Å². The number of hydrogen-bond acceptors (Lipinski definition) is 4. The van der Waals surface area contributed by atoms with Gasteiger partial charge < -0.3 is 13.6 Å². The minimum atomic E-state index is -1.76. The predicted molar refractivity (Wildman–Crippen MR) is 203 cm³/mol. The van der Waals surface area contributed by atoms with Gasteiger partial charge in [0.1, 0.15) is 5.60 Å². The Morgan fingerprint density at radius 3 is 2.15 bits per heavy atom. The van der Waals surface area contributed by atoms with Gasteiger partial charge in [-0.2, -0.15) is 0 Å². The van der Waals surface area contributed by atoms with E-state index in [-0.39, 0.29) is 23.6 Å². The lowest BCUT2D eigenvalue weighted by Crippen LogP contribution is -2.56. The van der Waals surface area contributed by atoms with Crippen LogP contribution in [0.1, 0.15) is 107 Å². The van der Waals surface area contributed by atoms with Crippen molar-refractivity contribution in [3.8, 4) is 0 Å². The Labute approximate surface area is 291 Å². The van der Waals surface area contributed by atoms with Gasteiger partial charge in [-0.05, 0) is 147 Å². The van der Waals surface area contributed by atoms with Crippen LogP contribution in [0.15, 0.2) is 47.6 Å². The minimum Gasteiger partial charge on any atom is -0.454 e. The monoisotopic (exact) mass is 682 g/mol. The summed E-state index contributed by atoms with van der Waals surface area (Å²) < 4.78 is 20.0. The summed E-state index contributed by atoms with van der Waals surface area (Å²) in [5.74, 6) is 2.22. The Balaban J connectivity index is 1.54. The van der Waals surface area contributed by atoms with E-state index in [9.17, 15) is 4.79 Å². The Hall–Kier alpha value is -1.22. The van der Waals surface area contributed by atoms with Gasteiger partial charge in [0.15, 0.2) is 16.6 Å². The summed E-state index contributed by atoms with van der Waals surface area (Å²) in [7, 11) is -3.41.